The summed E-state index contributed by atoms with van der Waals surface area (Å²) < 4.78 is 2.22. The number of hydrogen-bond donors (Lipinski definition) is 1. The third-order valence-corrected chi connectivity index (χ3v) is 4.15. The second kappa shape index (κ2) is 5.72. The zero-order valence-electron chi connectivity index (χ0n) is 10.7. The Balaban J connectivity index is 1.95. The highest BCUT2D eigenvalue weighted by Gasteiger charge is 2.19. The van der Waals surface area contributed by atoms with Crippen LogP contribution in [0.1, 0.15) is 38.4 Å². The number of aryl methyl sites for hydroxylation is 1. The van der Waals surface area contributed by atoms with Crippen molar-refractivity contribution in [1.29, 1.82) is 5.26 Å². The third kappa shape index (κ3) is 3.24. The molecule has 6 heteroatoms. The lowest BCUT2D eigenvalue weighted by Gasteiger charge is -2.14. The largest absolute Gasteiger partial charge is 0.314 e. The number of nitriles is 1. The number of fused-ring (bicyclic) bond motifs is 1. The maximum absolute atomic E-state index is 8.86. The standard InChI is InChI=1S/C12H19N5S/c1-12(14,9-13)6-8-18-11-16-15-10-5-3-2-4-7-17(10)11/h2-8,14H2,1H3. The minimum Gasteiger partial charge on any atom is -0.314 e. The van der Waals surface area contributed by atoms with E-state index in [1.165, 1.54) is 19.3 Å². The van der Waals surface area contributed by atoms with Gasteiger partial charge < -0.3 is 10.3 Å². The first-order chi connectivity index (χ1) is 8.62. The molecule has 1 aromatic rings. The quantitative estimate of drug-likeness (QED) is 0.838. The van der Waals surface area contributed by atoms with Crippen LogP contribution in [0.5, 0.6) is 0 Å². The Bertz CT molecular complexity index is 446. The summed E-state index contributed by atoms with van der Waals surface area (Å²) in [7, 11) is 0. The van der Waals surface area contributed by atoms with Crippen molar-refractivity contribution in [2.24, 2.45) is 5.73 Å². The van der Waals surface area contributed by atoms with Gasteiger partial charge in [-0.3, -0.25) is 0 Å². The molecule has 1 aromatic heterocycles. The van der Waals surface area contributed by atoms with Crippen molar-refractivity contribution >= 4 is 11.8 Å². The molecule has 0 aromatic carbocycles. The minimum atomic E-state index is -0.741. The normalized spacial score (nSPS) is 18.5. The number of aromatic nitrogens is 3. The fraction of sp³-hybridized carbons (Fsp3) is 0.750. The van der Waals surface area contributed by atoms with Gasteiger partial charge in [0, 0.05) is 18.7 Å². The zero-order chi connectivity index (χ0) is 13.0. The molecule has 2 heterocycles. The van der Waals surface area contributed by atoms with Crippen LogP contribution in [0.2, 0.25) is 0 Å². The van der Waals surface area contributed by atoms with Gasteiger partial charge in [-0.2, -0.15) is 5.26 Å². The van der Waals surface area contributed by atoms with E-state index >= 15 is 0 Å². The predicted molar refractivity (Wildman–Crippen MR) is 71.1 cm³/mol. The van der Waals surface area contributed by atoms with Crippen molar-refractivity contribution < 1.29 is 0 Å². The molecule has 1 atom stereocenters. The first kappa shape index (κ1) is 13.4. The fourth-order valence-electron chi connectivity index (χ4n) is 1.98. The molecule has 1 aliphatic rings. The molecule has 0 radical (unpaired) electrons. The van der Waals surface area contributed by atoms with E-state index < -0.39 is 5.54 Å². The molecular formula is C12H19N5S. The van der Waals surface area contributed by atoms with Crippen LogP contribution in [0.15, 0.2) is 5.16 Å². The van der Waals surface area contributed by atoms with Gasteiger partial charge in [-0.15, -0.1) is 10.2 Å². The maximum atomic E-state index is 8.86. The minimum absolute atomic E-state index is 0.663. The summed E-state index contributed by atoms with van der Waals surface area (Å²) >= 11 is 1.65. The maximum Gasteiger partial charge on any atom is 0.191 e. The van der Waals surface area contributed by atoms with Crippen molar-refractivity contribution in [3.63, 3.8) is 0 Å². The monoisotopic (exact) mass is 265 g/mol. The van der Waals surface area contributed by atoms with Crippen LogP contribution in [0.25, 0.3) is 0 Å². The Morgan fingerprint density at radius 1 is 1.44 bits per heavy atom. The molecule has 0 saturated carbocycles. The molecule has 0 fully saturated rings. The first-order valence-corrected chi connectivity index (χ1v) is 7.36. The van der Waals surface area contributed by atoms with Gasteiger partial charge >= 0.3 is 0 Å². The SMILES string of the molecule is CC(N)(C#N)CCSc1nnc2n1CCCCC2. The van der Waals surface area contributed by atoms with Gasteiger partial charge in [0.1, 0.15) is 11.4 Å². The van der Waals surface area contributed by atoms with E-state index in [9.17, 15) is 0 Å². The molecule has 98 valence electrons. The molecule has 1 aliphatic heterocycles. The Morgan fingerprint density at radius 2 is 2.28 bits per heavy atom. The Morgan fingerprint density at radius 3 is 3.06 bits per heavy atom. The molecule has 0 bridgehead atoms. The van der Waals surface area contributed by atoms with E-state index in [0.29, 0.717) is 6.42 Å². The highest BCUT2D eigenvalue weighted by molar-refractivity contribution is 7.99. The summed E-state index contributed by atoms with van der Waals surface area (Å²) in [5.41, 5.74) is 5.06. The van der Waals surface area contributed by atoms with Crippen LogP contribution in [0.3, 0.4) is 0 Å². The van der Waals surface area contributed by atoms with Crippen LogP contribution in [-0.2, 0) is 13.0 Å². The molecule has 2 rings (SSSR count). The van der Waals surface area contributed by atoms with Gasteiger partial charge in [0.25, 0.3) is 0 Å². The van der Waals surface area contributed by atoms with Gasteiger partial charge in [0.15, 0.2) is 5.16 Å². The summed E-state index contributed by atoms with van der Waals surface area (Å²) in [6, 6.07) is 2.12. The predicted octanol–water partition coefficient (Wildman–Crippen LogP) is 1.73. The number of nitrogens with two attached hydrogens (primary N) is 1. The Labute approximate surface area is 112 Å². The van der Waals surface area contributed by atoms with Crippen molar-refractivity contribution in [1.82, 2.24) is 14.8 Å². The molecule has 2 N–H and O–H groups in total. The van der Waals surface area contributed by atoms with Gasteiger partial charge in [-0.1, -0.05) is 18.2 Å². The first-order valence-electron chi connectivity index (χ1n) is 6.37. The van der Waals surface area contributed by atoms with E-state index in [4.69, 9.17) is 11.0 Å². The topological polar surface area (TPSA) is 80.5 Å². The molecular weight excluding hydrogens is 246 g/mol. The lowest BCUT2D eigenvalue weighted by atomic mass is 10.0. The second-order valence-corrected chi connectivity index (χ2v) is 6.05. The molecule has 1 unspecified atom stereocenters. The van der Waals surface area contributed by atoms with Gasteiger partial charge in [-0.05, 0) is 26.2 Å². The highest BCUT2D eigenvalue weighted by atomic mass is 32.2. The molecule has 18 heavy (non-hydrogen) atoms. The van der Waals surface area contributed by atoms with Crippen molar-refractivity contribution in [3.05, 3.63) is 5.82 Å². The summed E-state index contributed by atoms with van der Waals surface area (Å²) in [6.45, 7) is 2.78. The lowest BCUT2D eigenvalue weighted by Crippen LogP contribution is -2.34. The van der Waals surface area contributed by atoms with Crippen molar-refractivity contribution in [3.8, 4) is 6.07 Å². The van der Waals surface area contributed by atoms with Crippen LogP contribution < -0.4 is 5.73 Å². The molecule has 0 aliphatic carbocycles. The van der Waals surface area contributed by atoms with Gasteiger partial charge in [-0.25, -0.2) is 0 Å². The van der Waals surface area contributed by atoms with E-state index in [0.717, 1.165) is 29.7 Å². The van der Waals surface area contributed by atoms with E-state index in [1.54, 1.807) is 18.7 Å². The summed E-state index contributed by atoms with van der Waals surface area (Å²) in [5.74, 6) is 1.91. The summed E-state index contributed by atoms with van der Waals surface area (Å²) in [4.78, 5) is 0. The van der Waals surface area contributed by atoms with Crippen LogP contribution in [-0.4, -0.2) is 26.1 Å². The summed E-state index contributed by atoms with van der Waals surface area (Å²) in [6.07, 6.45) is 5.36. The number of nitrogens with zero attached hydrogens (tertiary/aromatic N) is 4. The van der Waals surface area contributed by atoms with Gasteiger partial charge in [0.05, 0.1) is 6.07 Å². The fourth-order valence-corrected chi connectivity index (χ4v) is 3.14. The number of hydrogen-bond acceptors (Lipinski definition) is 5. The Hall–Kier alpha value is -1.06. The average Bonchev–Trinajstić information content (AvgIpc) is 2.59. The van der Waals surface area contributed by atoms with E-state index in [2.05, 4.69) is 20.8 Å². The third-order valence-electron chi connectivity index (χ3n) is 3.18. The Kier molecular flexibility index (Phi) is 4.25. The van der Waals surface area contributed by atoms with Crippen molar-refractivity contribution in [2.75, 3.05) is 5.75 Å². The second-order valence-electron chi connectivity index (χ2n) is 4.99. The van der Waals surface area contributed by atoms with Crippen LogP contribution in [0.4, 0.5) is 0 Å². The number of rotatable bonds is 4. The molecule has 0 amide bonds. The van der Waals surface area contributed by atoms with E-state index in [-0.39, 0.29) is 0 Å². The molecule has 0 spiro atoms. The van der Waals surface area contributed by atoms with Gasteiger partial charge in [0.2, 0.25) is 0 Å². The van der Waals surface area contributed by atoms with Crippen LogP contribution in [0, 0.1) is 11.3 Å². The smallest absolute Gasteiger partial charge is 0.191 e. The number of thioether (sulfide) groups is 1. The van der Waals surface area contributed by atoms with Crippen LogP contribution >= 0.6 is 11.8 Å². The zero-order valence-corrected chi connectivity index (χ0v) is 11.5. The van der Waals surface area contributed by atoms with Crippen molar-refractivity contribution in [2.45, 2.75) is 56.3 Å². The van der Waals surface area contributed by atoms with E-state index in [1.807, 2.05) is 0 Å². The average molecular weight is 265 g/mol. The highest BCUT2D eigenvalue weighted by Crippen LogP contribution is 2.23. The molecule has 5 nitrogen and oxygen atoms in total. The molecule has 0 saturated heterocycles. The lowest BCUT2D eigenvalue weighted by molar-refractivity contribution is 0.577. The summed E-state index contributed by atoms with van der Waals surface area (Å²) in [5, 5.41) is 18.3.